The van der Waals surface area contributed by atoms with Gasteiger partial charge < -0.3 is 10.2 Å². The molecule has 0 radical (unpaired) electrons. The van der Waals surface area contributed by atoms with Crippen LogP contribution in [0, 0.1) is 0 Å². The van der Waals surface area contributed by atoms with Crippen LogP contribution in [0.15, 0.2) is 12.1 Å². The average molecular weight is 187 g/mol. The molecular formula is C9H11ClO2. The third kappa shape index (κ3) is 1.48. The monoisotopic (exact) mass is 186 g/mol. The van der Waals surface area contributed by atoms with Gasteiger partial charge in [0.15, 0.2) is 0 Å². The molecule has 1 aromatic carbocycles. The molecule has 2 N–H and O–H groups in total. The first-order chi connectivity index (χ1) is 5.54. The highest BCUT2D eigenvalue weighted by atomic mass is 35.5. The molecule has 0 atom stereocenters. The highest BCUT2D eigenvalue weighted by molar-refractivity contribution is 6.33. The zero-order chi connectivity index (χ0) is 9.30. The molecule has 1 rings (SSSR count). The zero-order valence-corrected chi connectivity index (χ0v) is 7.76. The van der Waals surface area contributed by atoms with Gasteiger partial charge in [0.25, 0.3) is 0 Å². The standard InChI is InChI=1S/C9H11ClO2/c1-5(2)6-3-4-7(11)8(10)9(6)12/h3-5,11-12H,1-2H3. The Morgan fingerprint density at radius 3 is 2.33 bits per heavy atom. The van der Waals surface area contributed by atoms with Crippen LogP contribution in [0.3, 0.4) is 0 Å². The van der Waals surface area contributed by atoms with E-state index in [1.165, 1.54) is 6.07 Å². The Morgan fingerprint density at radius 2 is 1.83 bits per heavy atom. The minimum atomic E-state index is -0.0847. The highest BCUT2D eigenvalue weighted by Gasteiger charge is 2.11. The summed E-state index contributed by atoms with van der Waals surface area (Å²) < 4.78 is 0. The largest absolute Gasteiger partial charge is 0.506 e. The van der Waals surface area contributed by atoms with Crippen LogP contribution in [0.4, 0.5) is 0 Å². The van der Waals surface area contributed by atoms with Crippen molar-refractivity contribution in [3.8, 4) is 11.5 Å². The summed E-state index contributed by atoms with van der Waals surface area (Å²) in [4.78, 5) is 0. The molecule has 0 aliphatic rings. The molecular weight excluding hydrogens is 176 g/mol. The van der Waals surface area contributed by atoms with Crippen LogP contribution in [0.1, 0.15) is 25.3 Å². The average Bonchev–Trinajstić information content (AvgIpc) is 2.00. The summed E-state index contributed by atoms with van der Waals surface area (Å²) in [6.07, 6.45) is 0. The third-order valence-electron chi connectivity index (χ3n) is 1.75. The number of phenolic OH excluding ortho intramolecular Hbond substituents is 2. The van der Waals surface area contributed by atoms with Crippen LogP contribution in [-0.4, -0.2) is 10.2 Å². The van der Waals surface area contributed by atoms with E-state index >= 15 is 0 Å². The SMILES string of the molecule is CC(C)c1ccc(O)c(Cl)c1O. The molecule has 12 heavy (non-hydrogen) atoms. The number of hydrogen-bond acceptors (Lipinski definition) is 2. The van der Waals surface area contributed by atoms with Gasteiger partial charge in [-0.15, -0.1) is 0 Å². The molecule has 0 aliphatic heterocycles. The fourth-order valence-electron chi connectivity index (χ4n) is 1.03. The Balaban J connectivity index is 3.27. The van der Waals surface area contributed by atoms with Crippen molar-refractivity contribution in [3.63, 3.8) is 0 Å². The molecule has 0 bridgehead atoms. The summed E-state index contributed by atoms with van der Waals surface area (Å²) in [5.41, 5.74) is 0.748. The molecule has 0 heterocycles. The fourth-order valence-corrected chi connectivity index (χ4v) is 1.21. The fraction of sp³-hybridized carbons (Fsp3) is 0.333. The maximum absolute atomic E-state index is 9.46. The van der Waals surface area contributed by atoms with Gasteiger partial charge >= 0.3 is 0 Å². The first-order valence-electron chi connectivity index (χ1n) is 3.74. The lowest BCUT2D eigenvalue weighted by molar-refractivity contribution is 0.444. The van der Waals surface area contributed by atoms with Crippen LogP contribution in [-0.2, 0) is 0 Å². The normalized spacial score (nSPS) is 10.7. The van der Waals surface area contributed by atoms with Gasteiger partial charge in [0, 0.05) is 0 Å². The predicted octanol–water partition coefficient (Wildman–Crippen LogP) is 2.87. The first-order valence-corrected chi connectivity index (χ1v) is 4.12. The summed E-state index contributed by atoms with van der Waals surface area (Å²) in [5.74, 6) is 0.0910. The maximum atomic E-state index is 9.46. The second-order valence-electron chi connectivity index (χ2n) is 2.99. The van der Waals surface area contributed by atoms with Crippen LogP contribution in [0.25, 0.3) is 0 Å². The second-order valence-corrected chi connectivity index (χ2v) is 3.37. The minimum Gasteiger partial charge on any atom is -0.506 e. The van der Waals surface area contributed by atoms with E-state index in [-0.39, 0.29) is 22.4 Å². The van der Waals surface area contributed by atoms with Gasteiger partial charge in [-0.25, -0.2) is 0 Å². The first kappa shape index (κ1) is 9.20. The summed E-state index contributed by atoms with van der Waals surface area (Å²) in [6, 6.07) is 3.15. The van der Waals surface area contributed by atoms with Crippen LogP contribution in [0.2, 0.25) is 5.02 Å². The van der Waals surface area contributed by atoms with Crippen molar-refractivity contribution in [1.29, 1.82) is 0 Å². The molecule has 2 nitrogen and oxygen atoms in total. The van der Waals surface area contributed by atoms with E-state index in [0.29, 0.717) is 0 Å². The number of halogens is 1. The van der Waals surface area contributed by atoms with Crippen LogP contribution >= 0.6 is 11.6 Å². The molecule has 0 fully saturated rings. The van der Waals surface area contributed by atoms with E-state index < -0.39 is 0 Å². The molecule has 0 amide bonds. The summed E-state index contributed by atoms with van der Waals surface area (Å²) >= 11 is 5.63. The molecule has 0 aromatic heterocycles. The summed E-state index contributed by atoms with van der Waals surface area (Å²) in [7, 11) is 0. The van der Waals surface area contributed by atoms with Crippen molar-refractivity contribution < 1.29 is 10.2 Å². The van der Waals surface area contributed by atoms with Gasteiger partial charge in [-0.2, -0.15) is 0 Å². The zero-order valence-electron chi connectivity index (χ0n) is 7.00. The molecule has 0 aliphatic carbocycles. The molecule has 3 heteroatoms. The summed E-state index contributed by atoms with van der Waals surface area (Å²) in [6.45, 7) is 3.89. The van der Waals surface area contributed by atoms with Crippen molar-refractivity contribution in [2.24, 2.45) is 0 Å². The number of benzene rings is 1. The predicted molar refractivity (Wildman–Crippen MR) is 48.9 cm³/mol. The van der Waals surface area contributed by atoms with Crippen molar-refractivity contribution in [2.75, 3.05) is 0 Å². The van der Waals surface area contributed by atoms with E-state index in [4.69, 9.17) is 16.7 Å². The smallest absolute Gasteiger partial charge is 0.141 e. The lowest BCUT2D eigenvalue weighted by atomic mass is 10.0. The van der Waals surface area contributed by atoms with Crippen LogP contribution in [0.5, 0.6) is 11.5 Å². The van der Waals surface area contributed by atoms with Gasteiger partial charge in [-0.05, 0) is 17.5 Å². The van der Waals surface area contributed by atoms with Crippen molar-refractivity contribution >= 4 is 11.6 Å². The molecule has 0 saturated carbocycles. The quantitative estimate of drug-likeness (QED) is 0.708. The maximum Gasteiger partial charge on any atom is 0.141 e. The number of hydrogen-bond donors (Lipinski definition) is 2. The Hall–Kier alpha value is -0.890. The van der Waals surface area contributed by atoms with Crippen molar-refractivity contribution in [3.05, 3.63) is 22.7 Å². The van der Waals surface area contributed by atoms with Crippen molar-refractivity contribution in [2.45, 2.75) is 19.8 Å². The Bertz CT molecular complexity index is 295. The molecule has 66 valence electrons. The number of phenols is 2. The number of rotatable bonds is 1. The molecule has 0 saturated heterocycles. The minimum absolute atomic E-state index is 0.0216. The number of aromatic hydroxyl groups is 2. The van der Waals surface area contributed by atoms with Gasteiger partial charge in [-0.3, -0.25) is 0 Å². The van der Waals surface area contributed by atoms with E-state index in [2.05, 4.69) is 0 Å². The Morgan fingerprint density at radius 1 is 1.25 bits per heavy atom. The molecule has 0 spiro atoms. The third-order valence-corrected chi connectivity index (χ3v) is 2.12. The highest BCUT2D eigenvalue weighted by Crippen LogP contribution is 2.38. The van der Waals surface area contributed by atoms with Crippen LogP contribution < -0.4 is 0 Å². The van der Waals surface area contributed by atoms with Crippen molar-refractivity contribution in [1.82, 2.24) is 0 Å². The van der Waals surface area contributed by atoms with E-state index in [9.17, 15) is 5.11 Å². The van der Waals surface area contributed by atoms with Gasteiger partial charge in [0.2, 0.25) is 0 Å². The van der Waals surface area contributed by atoms with E-state index in [1.54, 1.807) is 6.07 Å². The van der Waals surface area contributed by atoms with Gasteiger partial charge in [-0.1, -0.05) is 31.5 Å². The second kappa shape index (κ2) is 3.23. The summed E-state index contributed by atoms with van der Waals surface area (Å²) in [5, 5.41) is 18.6. The van der Waals surface area contributed by atoms with E-state index in [1.807, 2.05) is 13.8 Å². The Labute approximate surface area is 76.4 Å². The van der Waals surface area contributed by atoms with Gasteiger partial charge in [0.05, 0.1) is 0 Å². The molecule has 1 aromatic rings. The van der Waals surface area contributed by atoms with Gasteiger partial charge in [0.1, 0.15) is 16.5 Å². The Kier molecular flexibility index (Phi) is 2.48. The lowest BCUT2D eigenvalue weighted by Crippen LogP contribution is -1.88. The lowest BCUT2D eigenvalue weighted by Gasteiger charge is -2.09. The van der Waals surface area contributed by atoms with E-state index in [0.717, 1.165) is 5.56 Å². The topological polar surface area (TPSA) is 40.5 Å². The molecule has 0 unspecified atom stereocenters.